The highest BCUT2D eigenvalue weighted by Crippen LogP contribution is 2.33. The third-order valence-corrected chi connectivity index (χ3v) is 6.52. The molecule has 36 heavy (non-hydrogen) atoms. The van der Waals surface area contributed by atoms with E-state index in [4.69, 9.17) is 32.4 Å². The summed E-state index contributed by atoms with van der Waals surface area (Å²) >= 11 is 12.1. The van der Waals surface area contributed by atoms with Crippen LogP contribution < -0.4 is 19.8 Å². The van der Waals surface area contributed by atoms with Gasteiger partial charge in [-0.25, -0.2) is 13.8 Å². The zero-order chi connectivity index (χ0) is 26.1. The summed E-state index contributed by atoms with van der Waals surface area (Å²) in [6.45, 7) is -0.451. The smallest absolute Gasteiger partial charge is 0.260 e. The van der Waals surface area contributed by atoms with Gasteiger partial charge in [0.1, 0.15) is 18.1 Å². The summed E-state index contributed by atoms with van der Waals surface area (Å²) in [5.74, 6) is 0.109. The van der Waals surface area contributed by atoms with Crippen LogP contribution in [0.4, 0.5) is 5.69 Å². The number of rotatable bonds is 11. The largest absolute Gasteiger partial charge is 0.484 e. The maximum absolute atomic E-state index is 12.3. The Morgan fingerprint density at radius 1 is 1.08 bits per heavy atom. The Balaban J connectivity index is 1.49. The fourth-order valence-corrected chi connectivity index (χ4v) is 4.17. The number of ether oxygens (including phenoxy) is 1. The molecule has 0 aliphatic carbocycles. The van der Waals surface area contributed by atoms with Gasteiger partial charge in [0.05, 0.1) is 41.0 Å². The van der Waals surface area contributed by atoms with Crippen molar-refractivity contribution >= 4 is 56.9 Å². The van der Waals surface area contributed by atoms with Crippen molar-refractivity contribution in [2.75, 3.05) is 23.7 Å². The van der Waals surface area contributed by atoms with Gasteiger partial charge in [0.2, 0.25) is 10.0 Å². The molecule has 0 unspecified atom stereocenters. The average molecular weight is 553 g/mol. The Kier molecular flexibility index (Phi) is 9.34. The van der Waals surface area contributed by atoms with Gasteiger partial charge in [0, 0.05) is 0 Å². The van der Waals surface area contributed by atoms with E-state index in [1.54, 1.807) is 36.4 Å². The van der Waals surface area contributed by atoms with Gasteiger partial charge in [0.25, 0.3) is 11.8 Å². The number of hydrogen-bond acceptors (Lipinski definition) is 7. The van der Waals surface area contributed by atoms with E-state index in [0.717, 1.165) is 10.6 Å². The summed E-state index contributed by atoms with van der Waals surface area (Å²) in [5, 5.41) is 6.68. The Labute approximate surface area is 217 Å². The van der Waals surface area contributed by atoms with Crippen LogP contribution in [0.5, 0.6) is 5.75 Å². The number of amides is 2. The summed E-state index contributed by atoms with van der Waals surface area (Å²) < 4.78 is 35.8. The zero-order valence-electron chi connectivity index (χ0n) is 19.0. The molecule has 2 aromatic carbocycles. The van der Waals surface area contributed by atoms with Gasteiger partial charge in [-0.15, -0.1) is 0 Å². The molecule has 10 nitrogen and oxygen atoms in total. The molecule has 0 saturated heterocycles. The number of benzene rings is 2. The standard InChI is InChI=1S/C23H22Cl2N4O6S/c1-36(32,33)29(20-6-2-5-19(24)23(20)25)14-21(30)28-27-12-16-7-9-17(10-8-16)35-15-22(31)26-13-18-4-3-11-34-18/h2-12H,13-15H2,1H3,(H,26,31)(H,28,30)/b27-12-. The van der Waals surface area contributed by atoms with Gasteiger partial charge in [0.15, 0.2) is 6.61 Å². The molecule has 3 rings (SSSR count). The quantitative estimate of drug-likeness (QED) is 0.277. The molecule has 0 spiro atoms. The van der Waals surface area contributed by atoms with Crippen molar-refractivity contribution in [3.8, 4) is 5.75 Å². The van der Waals surface area contributed by atoms with Crippen LogP contribution in [0, 0.1) is 0 Å². The van der Waals surface area contributed by atoms with Crippen LogP contribution in [0.3, 0.4) is 0 Å². The van der Waals surface area contributed by atoms with Gasteiger partial charge in [-0.05, 0) is 54.1 Å². The first-order valence-electron chi connectivity index (χ1n) is 10.4. The highest BCUT2D eigenvalue weighted by Gasteiger charge is 2.23. The predicted octanol–water partition coefficient (Wildman–Crippen LogP) is 3.20. The van der Waals surface area contributed by atoms with Crippen molar-refractivity contribution in [2.45, 2.75) is 6.54 Å². The van der Waals surface area contributed by atoms with Gasteiger partial charge in [-0.1, -0.05) is 29.3 Å². The Bertz CT molecular complexity index is 1330. The number of hydrazone groups is 1. The van der Waals surface area contributed by atoms with Crippen molar-refractivity contribution in [2.24, 2.45) is 5.10 Å². The summed E-state index contributed by atoms with van der Waals surface area (Å²) in [6.07, 6.45) is 3.84. The van der Waals surface area contributed by atoms with Crippen molar-refractivity contribution in [1.29, 1.82) is 0 Å². The van der Waals surface area contributed by atoms with Gasteiger partial charge in [-0.3, -0.25) is 13.9 Å². The molecule has 1 heterocycles. The van der Waals surface area contributed by atoms with Crippen molar-refractivity contribution in [3.63, 3.8) is 0 Å². The van der Waals surface area contributed by atoms with E-state index in [1.807, 2.05) is 0 Å². The number of sulfonamides is 1. The van der Waals surface area contributed by atoms with Crippen LogP contribution in [0.25, 0.3) is 0 Å². The van der Waals surface area contributed by atoms with Crippen molar-refractivity contribution in [3.05, 3.63) is 82.2 Å². The highest BCUT2D eigenvalue weighted by molar-refractivity contribution is 7.92. The van der Waals surface area contributed by atoms with Gasteiger partial charge >= 0.3 is 0 Å². The first kappa shape index (κ1) is 27.1. The fourth-order valence-electron chi connectivity index (χ4n) is 2.86. The molecular weight excluding hydrogens is 531 g/mol. The molecule has 2 N–H and O–H groups in total. The molecule has 13 heteroatoms. The van der Waals surface area contributed by atoms with Crippen LogP contribution in [-0.4, -0.2) is 45.9 Å². The minimum Gasteiger partial charge on any atom is -0.484 e. The molecule has 0 aliphatic heterocycles. The normalized spacial score (nSPS) is 11.3. The second-order valence-electron chi connectivity index (χ2n) is 7.35. The number of halogens is 2. The Morgan fingerprint density at radius 2 is 1.83 bits per heavy atom. The second kappa shape index (κ2) is 12.4. The van der Waals surface area contributed by atoms with Gasteiger partial charge in [-0.2, -0.15) is 5.10 Å². The molecule has 0 aliphatic rings. The number of hydrogen-bond donors (Lipinski definition) is 2. The summed E-state index contributed by atoms with van der Waals surface area (Å²) in [6, 6.07) is 14.6. The topological polar surface area (TPSA) is 130 Å². The van der Waals surface area contributed by atoms with E-state index >= 15 is 0 Å². The molecular formula is C23H22Cl2N4O6S. The van der Waals surface area contributed by atoms with E-state index in [1.165, 1.54) is 30.7 Å². The van der Waals surface area contributed by atoms with E-state index < -0.39 is 22.5 Å². The zero-order valence-corrected chi connectivity index (χ0v) is 21.3. The first-order valence-corrected chi connectivity index (χ1v) is 13.0. The van der Waals surface area contributed by atoms with Crippen LogP contribution in [-0.2, 0) is 26.2 Å². The molecule has 2 amide bonds. The third-order valence-electron chi connectivity index (χ3n) is 4.58. The Hall–Kier alpha value is -3.54. The number of carbonyl (C=O) groups excluding carboxylic acids is 2. The van der Waals surface area contributed by atoms with Crippen LogP contribution in [0.1, 0.15) is 11.3 Å². The number of furan rings is 1. The molecule has 0 bridgehead atoms. The number of carbonyl (C=O) groups is 2. The van der Waals surface area contributed by atoms with Gasteiger partial charge < -0.3 is 14.5 Å². The lowest BCUT2D eigenvalue weighted by molar-refractivity contribution is -0.123. The minimum absolute atomic E-state index is 0.0122. The van der Waals surface area contributed by atoms with Crippen molar-refractivity contribution in [1.82, 2.24) is 10.7 Å². The van der Waals surface area contributed by atoms with E-state index in [0.29, 0.717) is 17.1 Å². The maximum Gasteiger partial charge on any atom is 0.260 e. The summed E-state index contributed by atoms with van der Waals surface area (Å²) in [5.41, 5.74) is 2.98. The average Bonchev–Trinajstić information content (AvgIpc) is 3.36. The lowest BCUT2D eigenvalue weighted by Crippen LogP contribution is -2.39. The second-order valence-corrected chi connectivity index (χ2v) is 10.0. The Morgan fingerprint density at radius 3 is 2.50 bits per heavy atom. The van der Waals surface area contributed by atoms with Crippen LogP contribution in [0.15, 0.2) is 70.4 Å². The third kappa shape index (κ3) is 8.01. The maximum atomic E-state index is 12.3. The lowest BCUT2D eigenvalue weighted by atomic mass is 10.2. The van der Waals surface area contributed by atoms with Crippen molar-refractivity contribution < 1.29 is 27.2 Å². The SMILES string of the molecule is CS(=O)(=O)N(CC(=O)N/N=C\c1ccc(OCC(=O)NCc2ccco2)cc1)c1cccc(Cl)c1Cl. The fraction of sp³-hybridized carbons (Fsp3) is 0.174. The molecule has 0 fully saturated rings. The molecule has 0 atom stereocenters. The number of anilines is 1. The first-order chi connectivity index (χ1) is 17.1. The monoisotopic (exact) mass is 552 g/mol. The van der Waals surface area contributed by atoms with Crippen LogP contribution in [0.2, 0.25) is 10.0 Å². The molecule has 0 saturated carbocycles. The predicted molar refractivity (Wildman–Crippen MR) is 137 cm³/mol. The summed E-state index contributed by atoms with van der Waals surface area (Å²) in [4.78, 5) is 24.2. The summed E-state index contributed by atoms with van der Waals surface area (Å²) in [7, 11) is -3.83. The highest BCUT2D eigenvalue weighted by atomic mass is 35.5. The molecule has 190 valence electrons. The molecule has 0 radical (unpaired) electrons. The number of nitrogens with one attached hydrogen (secondary N) is 2. The molecule has 3 aromatic rings. The lowest BCUT2D eigenvalue weighted by Gasteiger charge is -2.22. The van der Waals surface area contributed by atoms with Crippen LogP contribution >= 0.6 is 23.2 Å². The molecule has 1 aromatic heterocycles. The minimum atomic E-state index is -3.83. The van der Waals surface area contributed by atoms with E-state index in [-0.39, 0.29) is 34.8 Å². The van der Waals surface area contributed by atoms with E-state index in [9.17, 15) is 18.0 Å². The number of nitrogens with zero attached hydrogens (tertiary/aromatic N) is 2. The van der Waals surface area contributed by atoms with E-state index in [2.05, 4.69) is 15.8 Å².